The maximum absolute atomic E-state index is 13.1. The number of para-hydroxylation sites is 1. The molecule has 1 heterocycles. The molecule has 1 N–H and O–H groups in total. The van der Waals surface area contributed by atoms with Crippen LogP contribution in [0.2, 0.25) is 0 Å². The number of nitrogens with zero attached hydrogens (tertiary/aromatic N) is 1. The highest BCUT2D eigenvalue weighted by atomic mass is 32.2. The number of unbranched alkanes of at least 4 members (excludes halogenated alkanes) is 1. The molecule has 1 aromatic rings. The van der Waals surface area contributed by atoms with Crippen LogP contribution in [0.1, 0.15) is 51.2 Å². The summed E-state index contributed by atoms with van der Waals surface area (Å²) in [5.74, 6) is 0.731. The van der Waals surface area contributed by atoms with Gasteiger partial charge in [0.05, 0.1) is 12.0 Å². The van der Waals surface area contributed by atoms with Crippen LogP contribution in [0.3, 0.4) is 0 Å². The normalized spacial score (nSPS) is 19.4. The first-order valence-corrected chi connectivity index (χ1v) is 10.8. The molecule has 0 saturated carbocycles. The molecule has 2 atom stereocenters. The maximum Gasteiger partial charge on any atom is 0.329 e. The number of benzene rings is 1. The van der Waals surface area contributed by atoms with Gasteiger partial charge in [-0.15, -0.1) is 11.8 Å². The van der Waals surface area contributed by atoms with Crippen molar-refractivity contribution in [1.82, 2.24) is 4.90 Å². The molecule has 6 heteroatoms. The number of carbonyl (C=O) groups excluding carboxylic acids is 2. The minimum Gasteiger partial charge on any atom is -0.464 e. The number of hydrogen-bond acceptors (Lipinski definition) is 4. The summed E-state index contributed by atoms with van der Waals surface area (Å²) in [6, 6.07) is 5.18. The average Bonchev–Trinajstić information content (AvgIpc) is 3.01. The number of carbonyl (C=O) groups is 2. The molecule has 2 unspecified atom stereocenters. The second-order valence-corrected chi connectivity index (χ2v) is 8.77. The van der Waals surface area contributed by atoms with Crippen molar-refractivity contribution in [2.24, 2.45) is 5.92 Å². The molecular formula is C21H32N2O3S. The van der Waals surface area contributed by atoms with E-state index >= 15 is 0 Å². The van der Waals surface area contributed by atoms with E-state index in [0.29, 0.717) is 18.3 Å². The van der Waals surface area contributed by atoms with E-state index in [1.807, 2.05) is 32.0 Å². The van der Waals surface area contributed by atoms with Crippen molar-refractivity contribution in [1.29, 1.82) is 0 Å². The fraction of sp³-hybridized carbons (Fsp3) is 0.619. The fourth-order valence-corrected chi connectivity index (χ4v) is 4.82. The number of aryl methyl sites for hydroxylation is 2. The van der Waals surface area contributed by atoms with Gasteiger partial charge in [0.25, 0.3) is 0 Å². The van der Waals surface area contributed by atoms with Gasteiger partial charge in [0, 0.05) is 11.4 Å². The molecule has 0 aromatic heterocycles. The molecule has 2 amide bonds. The van der Waals surface area contributed by atoms with Gasteiger partial charge in [0.15, 0.2) is 0 Å². The Morgan fingerprint density at radius 2 is 1.96 bits per heavy atom. The van der Waals surface area contributed by atoms with Gasteiger partial charge in [-0.1, -0.05) is 45.4 Å². The molecule has 1 aromatic carbocycles. The van der Waals surface area contributed by atoms with E-state index in [4.69, 9.17) is 4.74 Å². The smallest absolute Gasteiger partial charge is 0.329 e. The molecule has 0 aliphatic carbocycles. The molecule has 150 valence electrons. The molecule has 0 radical (unpaired) electrons. The van der Waals surface area contributed by atoms with E-state index in [2.05, 4.69) is 26.1 Å². The van der Waals surface area contributed by atoms with Crippen molar-refractivity contribution in [2.75, 3.05) is 17.7 Å². The van der Waals surface area contributed by atoms with Gasteiger partial charge in [-0.05, 0) is 43.7 Å². The number of urea groups is 1. The average molecular weight is 393 g/mol. The number of hydrogen-bond donors (Lipinski definition) is 1. The first-order chi connectivity index (χ1) is 12.8. The van der Waals surface area contributed by atoms with Crippen molar-refractivity contribution in [3.8, 4) is 0 Å². The molecule has 2 rings (SSSR count). The SMILES string of the molecule is CCCCOC(=O)C1CSC(CC(C)C)N1C(=O)Nc1c(C)cccc1C. The zero-order chi connectivity index (χ0) is 20.0. The lowest BCUT2D eigenvalue weighted by Gasteiger charge is -2.30. The summed E-state index contributed by atoms with van der Waals surface area (Å²) in [5, 5.41) is 3.03. The molecule has 5 nitrogen and oxygen atoms in total. The number of thioether (sulfide) groups is 1. The Morgan fingerprint density at radius 1 is 1.30 bits per heavy atom. The zero-order valence-electron chi connectivity index (χ0n) is 17.1. The minimum atomic E-state index is -0.528. The molecule has 1 saturated heterocycles. The lowest BCUT2D eigenvalue weighted by atomic mass is 10.1. The predicted octanol–water partition coefficient (Wildman–Crippen LogP) is 4.97. The van der Waals surface area contributed by atoms with E-state index in [1.54, 1.807) is 16.7 Å². The molecule has 27 heavy (non-hydrogen) atoms. The molecule has 1 aliphatic heterocycles. The highest BCUT2D eigenvalue weighted by molar-refractivity contribution is 8.00. The van der Waals surface area contributed by atoms with E-state index in [-0.39, 0.29) is 17.4 Å². The van der Waals surface area contributed by atoms with E-state index in [0.717, 1.165) is 36.1 Å². The van der Waals surface area contributed by atoms with Crippen molar-refractivity contribution < 1.29 is 14.3 Å². The first-order valence-electron chi connectivity index (χ1n) is 9.78. The Labute approximate surface area is 167 Å². The monoisotopic (exact) mass is 392 g/mol. The summed E-state index contributed by atoms with van der Waals surface area (Å²) >= 11 is 1.67. The Bertz CT molecular complexity index is 643. The van der Waals surface area contributed by atoms with E-state index in [1.165, 1.54) is 0 Å². The molecule has 1 fully saturated rings. The van der Waals surface area contributed by atoms with Crippen molar-refractivity contribution in [3.63, 3.8) is 0 Å². The standard InChI is InChI=1S/C21H32N2O3S/c1-6-7-11-26-20(24)17-13-27-18(12-14(2)3)23(17)21(25)22-19-15(4)9-8-10-16(19)5/h8-10,14,17-18H,6-7,11-13H2,1-5H3,(H,22,25). The van der Waals surface area contributed by atoms with Gasteiger partial charge < -0.3 is 10.1 Å². The van der Waals surface area contributed by atoms with Crippen molar-refractivity contribution in [2.45, 2.75) is 65.3 Å². The Morgan fingerprint density at radius 3 is 2.56 bits per heavy atom. The molecular weight excluding hydrogens is 360 g/mol. The number of ether oxygens (including phenoxy) is 1. The minimum absolute atomic E-state index is 0.0157. The topological polar surface area (TPSA) is 58.6 Å². The lowest BCUT2D eigenvalue weighted by Crippen LogP contribution is -2.48. The Hall–Kier alpha value is -1.69. The van der Waals surface area contributed by atoms with E-state index in [9.17, 15) is 9.59 Å². The van der Waals surface area contributed by atoms with Gasteiger partial charge in [-0.3, -0.25) is 4.90 Å². The van der Waals surface area contributed by atoms with Crippen LogP contribution in [0.5, 0.6) is 0 Å². The summed E-state index contributed by atoms with van der Waals surface area (Å²) in [7, 11) is 0. The van der Waals surface area contributed by atoms with Gasteiger partial charge in [0.1, 0.15) is 6.04 Å². The number of rotatable bonds is 7. The third-order valence-corrected chi connectivity index (χ3v) is 6.04. The summed E-state index contributed by atoms with van der Waals surface area (Å²) in [6.07, 6.45) is 2.67. The second kappa shape index (κ2) is 10.0. The van der Waals surface area contributed by atoms with Crippen LogP contribution in [0.4, 0.5) is 10.5 Å². The van der Waals surface area contributed by atoms with Crippen LogP contribution < -0.4 is 5.32 Å². The van der Waals surface area contributed by atoms with E-state index < -0.39 is 6.04 Å². The summed E-state index contributed by atoms with van der Waals surface area (Å²) in [5.41, 5.74) is 2.84. The van der Waals surface area contributed by atoms with Gasteiger partial charge in [-0.25, -0.2) is 9.59 Å². The molecule has 0 bridgehead atoms. The summed E-state index contributed by atoms with van der Waals surface area (Å²) in [4.78, 5) is 27.4. The lowest BCUT2D eigenvalue weighted by molar-refractivity contribution is -0.148. The largest absolute Gasteiger partial charge is 0.464 e. The fourth-order valence-electron chi connectivity index (χ4n) is 3.20. The van der Waals surface area contributed by atoms with Gasteiger partial charge in [0.2, 0.25) is 0 Å². The zero-order valence-corrected chi connectivity index (χ0v) is 17.9. The number of anilines is 1. The quantitative estimate of drug-likeness (QED) is 0.526. The third-order valence-electron chi connectivity index (χ3n) is 4.73. The predicted molar refractivity (Wildman–Crippen MR) is 112 cm³/mol. The maximum atomic E-state index is 13.1. The van der Waals surface area contributed by atoms with Crippen LogP contribution >= 0.6 is 11.8 Å². The third kappa shape index (κ3) is 5.64. The second-order valence-electron chi connectivity index (χ2n) is 7.56. The molecule has 0 spiro atoms. The van der Waals surface area contributed by atoms with Crippen LogP contribution in [0, 0.1) is 19.8 Å². The molecule has 1 aliphatic rings. The van der Waals surface area contributed by atoms with Crippen LogP contribution in [-0.2, 0) is 9.53 Å². The number of esters is 1. The van der Waals surface area contributed by atoms with Gasteiger partial charge >= 0.3 is 12.0 Å². The summed E-state index contributed by atoms with van der Waals surface area (Å²) < 4.78 is 5.42. The van der Waals surface area contributed by atoms with Crippen molar-refractivity contribution >= 4 is 29.4 Å². The van der Waals surface area contributed by atoms with Crippen LogP contribution in [0.25, 0.3) is 0 Å². The van der Waals surface area contributed by atoms with Crippen molar-refractivity contribution in [3.05, 3.63) is 29.3 Å². The summed E-state index contributed by atoms with van der Waals surface area (Å²) in [6.45, 7) is 10.7. The Kier molecular flexibility index (Phi) is 8.02. The highest BCUT2D eigenvalue weighted by Crippen LogP contribution is 2.35. The first kappa shape index (κ1) is 21.6. The number of nitrogens with one attached hydrogen (secondary N) is 1. The number of amides is 2. The van der Waals surface area contributed by atoms with Gasteiger partial charge in [-0.2, -0.15) is 0 Å². The highest BCUT2D eigenvalue weighted by Gasteiger charge is 2.42. The Balaban J connectivity index is 2.18. The van der Waals surface area contributed by atoms with Crippen LogP contribution in [-0.4, -0.2) is 40.7 Å². The van der Waals surface area contributed by atoms with Crippen LogP contribution in [0.15, 0.2) is 18.2 Å².